The molecule has 8 nitrogen and oxygen atoms in total. The first-order valence-corrected chi connectivity index (χ1v) is 7.26. The molecule has 1 fully saturated rings. The summed E-state index contributed by atoms with van der Waals surface area (Å²) in [4.78, 5) is 32.8. The Kier molecular flexibility index (Phi) is 4.13. The summed E-state index contributed by atoms with van der Waals surface area (Å²) in [7, 11) is 0. The van der Waals surface area contributed by atoms with Crippen molar-refractivity contribution in [2.45, 2.75) is 12.8 Å². The number of carbonyl (C=O) groups is 1. The van der Waals surface area contributed by atoms with Gasteiger partial charge in [0.25, 0.3) is 11.6 Å². The summed E-state index contributed by atoms with van der Waals surface area (Å²) in [6, 6.07) is 7.42. The number of benzene rings is 1. The molecule has 8 heteroatoms. The molecule has 0 radical (unpaired) electrons. The van der Waals surface area contributed by atoms with Crippen LogP contribution in [0.4, 0.5) is 17.2 Å². The molecule has 1 aromatic carbocycles. The van der Waals surface area contributed by atoms with Crippen molar-refractivity contribution in [1.82, 2.24) is 9.97 Å². The van der Waals surface area contributed by atoms with Gasteiger partial charge < -0.3 is 10.2 Å². The van der Waals surface area contributed by atoms with Crippen molar-refractivity contribution >= 4 is 23.1 Å². The first kappa shape index (κ1) is 14.9. The number of hydrogen-bond donors (Lipinski definition) is 1. The molecule has 0 atom stereocenters. The molecule has 0 spiro atoms. The molecule has 0 bridgehead atoms. The van der Waals surface area contributed by atoms with Crippen LogP contribution in [0.2, 0.25) is 0 Å². The largest absolute Gasteiger partial charge is 0.357 e. The maximum atomic E-state index is 12.3. The molecule has 0 aliphatic carbocycles. The van der Waals surface area contributed by atoms with Crippen molar-refractivity contribution in [2.24, 2.45) is 0 Å². The summed E-state index contributed by atoms with van der Waals surface area (Å²) >= 11 is 0. The molecule has 1 aliphatic heterocycles. The standard InChI is InChI=1S/C15H15N5O3/c21-15(18-11-4-3-5-12(8-11)20(22)23)13-9-14(17-10-16-13)19-6-1-2-7-19/h3-5,8-10H,1-2,6-7H2,(H,18,21). The van der Waals surface area contributed by atoms with Gasteiger partial charge in [-0.1, -0.05) is 6.07 Å². The number of amides is 1. The van der Waals surface area contributed by atoms with Gasteiger partial charge in [-0.2, -0.15) is 0 Å². The number of hydrogen-bond acceptors (Lipinski definition) is 6. The minimum atomic E-state index is -0.508. The molecule has 118 valence electrons. The quantitative estimate of drug-likeness (QED) is 0.686. The second kappa shape index (κ2) is 6.39. The average molecular weight is 313 g/mol. The third-order valence-electron chi connectivity index (χ3n) is 3.63. The molecule has 1 N–H and O–H groups in total. The van der Waals surface area contributed by atoms with Crippen LogP contribution in [0.3, 0.4) is 0 Å². The summed E-state index contributed by atoms with van der Waals surface area (Å²) in [6.07, 6.45) is 3.58. The number of nitro benzene ring substituents is 1. The second-order valence-corrected chi connectivity index (χ2v) is 5.22. The predicted octanol–water partition coefficient (Wildman–Crippen LogP) is 2.24. The lowest BCUT2D eigenvalue weighted by atomic mass is 10.2. The maximum Gasteiger partial charge on any atom is 0.274 e. The van der Waals surface area contributed by atoms with Gasteiger partial charge in [-0.15, -0.1) is 0 Å². The lowest BCUT2D eigenvalue weighted by Gasteiger charge is -2.16. The van der Waals surface area contributed by atoms with Crippen molar-refractivity contribution in [3.63, 3.8) is 0 Å². The molecule has 2 heterocycles. The summed E-state index contributed by atoms with van der Waals surface area (Å²) in [6.45, 7) is 1.84. The zero-order valence-electron chi connectivity index (χ0n) is 12.3. The van der Waals surface area contributed by atoms with Crippen LogP contribution in [0.25, 0.3) is 0 Å². The lowest BCUT2D eigenvalue weighted by molar-refractivity contribution is -0.384. The fraction of sp³-hybridized carbons (Fsp3) is 0.267. The molecule has 0 saturated carbocycles. The van der Waals surface area contributed by atoms with Crippen molar-refractivity contribution in [3.05, 3.63) is 52.5 Å². The third kappa shape index (κ3) is 3.42. The molecule has 1 saturated heterocycles. The Morgan fingerprint density at radius 1 is 1.22 bits per heavy atom. The van der Waals surface area contributed by atoms with E-state index in [0.29, 0.717) is 5.69 Å². The van der Waals surface area contributed by atoms with Gasteiger partial charge in [0.15, 0.2) is 0 Å². The van der Waals surface area contributed by atoms with E-state index < -0.39 is 10.8 Å². The van der Waals surface area contributed by atoms with E-state index in [-0.39, 0.29) is 11.4 Å². The number of nitrogens with zero attached hydrogens (tertiary/aromatic N) is 4. The predicted molar refractivity (Wildman–Crippen MR) is 84.5 cm³/mol. The molecule has 23 heavy (non-hydrogen) atoms. The maximum absolute atomic E-state index is 12.3. The normalized spacial score (nSPS) is 13.8. The Balaban J connectivity index is 1.76. The number of rotatable bonds is 4. The van der Waals surface area contributed by atoms with E-state index in [1.54, 1.807) is 12.1 Å². The number of aromatic nitrogens is 2. The molecule has 1 aromatic heterocycles. The fourth-order valence-corrected chi connectivity index (χ4v) is 2.48. The molecular formula is C15H15N5O3. The third-order valence-corrected chi connectivity index (χ3v) is 3.63. The number of nitro groups is 1. The SMILES string of the molecule is O=C(Nc1cccc([N+](=O)[O-])c1)c1cc(N2CCCC2)ncn1. The highest BCUT2D eigenvalue weighted by molar-refractivity contribution is 6.03. The molecule has 1 amide bonds. The molecule has 1 aliphatic rings. The Bertz CT molecular complexity index is 743. The zero-order chi connectivity index (χ0) is 16.2. The Morgan fingerprint density at radius 2 is 2.00 bits per heavy atom. The Labute approximate surface area is 132 Å². The van der Waals surface area contributed by atoms with E-state index in [1.165, 1.54) is 24.5 Å². The fourth-order valence-electron chi connectivity index (χ4n) is 2.48. The first-order chi connectivity index (χ1) is 11.1. The van der Waals surface area contributed by atoms with Crippen LogP contribution in [0.15, 0.2) is 36.7 Å². The van der Waals surface area contributed by atoms with Gasteiger partial charge in [-0.3, -0.25) is 14.9 Å². The summed E-state index contributed by atoms with van der Waals surface area (Å²) in [5, 5.41) is 13.4. The van der Waals surface area contributed by atoms with Crippen LogP contribution in [0, 0.1) is 10.1 Å². The highest BCUT2D eigenvalue weighted by Gasteiger charge is 2.16. The van der Waals surface area contributed by atoms with Crippen LogP contribution >= 0.6 is 0 Å². The molecular weight excluding hydrogens is 298 g/mol. The first-order valence-electron chi connectivity index (χ1n) is 7.26. The smallest absolute Gasteiger partial charge is 0.274 e. The lowest BCUT2D eigenvalue weighted by Crippen LogP contribution is -2.21. The van der Waals surface area contributed by atoms with Crippen LogP contribution < -0.4 is 10.2 Å². The van der Waals surface area contributed by atoms with Crippen molar-refractivity contribution in [3.8, 4) is 0 Å². The van der Waals surface area contributed by atoms with E-state index in [4.69, 9.17) is 0 Å². The van der Waals surface area contributed by atoms with Crippen molar-refractivity contribution in [1.29, 1.82) is 0 Å². The molecule has 3 rings (SSSR count). The topological polar surface area (TPSA) is 101 Å². The minimum absolute atomic E-state index is 0.0803. The van der Waals surface area contributed by atoms with Gasteiger partial charge in [-0.25, -0.2) is 9.97 Å². The second-order valence-electron chi connectivity index (χ2n) is 5.22. The van der Waals surface area contributed by atoms with E-state index in [0.717, 1.165) is 31.7 Å². The summed E-state index contributed by atoms with van der Waals surface area (Å²) in [5.41, 5.74) is 0.502. The number of nitrogens with one attached hydrogen (secondary N) is 1. The molecule has 2 aromatic rings. The van der Waals surface area contributed by atoms with E-state index in [1.807, 2.05) is 0 Å². The zero-order valence-corrected chi connectivity index (χ0v) is 12.3. The van der Waals surface area contributed by atoms with Crippen molar-refractivity contribution in [2.75, 3.05) is 23.3 Å². The van der Waals surface area contributed by atoms with Gasteiger partial charge in [0, 0.05) is 37.0 Å². The summed E-state index contributed by atoms with van der Waals surface area (Å²) < 4.78 is 0. The Morgan fingerprint density at radius 3 is 2.74 bits per heavy atom. The molecule has 0 unspecified atom stereocenters. The van der Waals surface area contributed by atoms with Crippen LogP contribution in [-0.2, 0) is 0 Å². The highest BCUT2D eigenvalue weighted by Crippen LogP contribution is 2.20. The monoisotopic (exact) mass is 313 g/mol. The van der Waals surface area contributed by atoms with Crippen LogP contribution in [-0.4, -0.2) is 33.9 Å². The van der Waals surface area contributed by atoms with E-state index in [9.17, 15) is 14.9 Å². The number of carbonyl (C=O) groups excluding carboxylic acids is 1. The van der Waals surface area contributed by atoms with Crippen molar-refractivity contribution < 1.29 is 9.72 Å². The van der Waals surface area contributed by atoms with E-state index >= 15 is 0 Å². The van der Waals surface area contributed by atoms with E-state index in [2.05, 4.69) is 20.2 Å². The van der Waals surface area contributed by atoms with Gasteiger partial charge >= 0.3 is 0 Å². The van der Waals surface area contributed by atoms with Gasteiger partial charge in [0.05, 0.1) is 4.92 Å². The van der Waals surface area contributed by atoms with Gasteiger partial charge in [0.2, 0.25) is 0 Å². The van der Waals surface area contributed by atoms with Gasteiger partial charge in [0.1, 0.15) is 17.8 Å². The minimum Gasteiger partial charge on any atom is -0.357 e. The average Bonchev–Trinajstić information content (AvgIpc) is 3.10. The highest BCUT2D eigenvalue weighted by atomic mass is 16.6. The summed E-state index contributed by atoms with van der Waals surface area (Å²) in [5.74, 6) is 0.301. The number of non-ortho nitro benzene ring substituents is 1. The Hall–Kier alpha value is -3.03. The number of anilines is 2. The van der Waals surface area contributed by atoms with Crippen LogP contribution in [0.1, 0.15) is 23.3 Å². The van der Waals surface area contributed by atoms with Crippen LogP contribution in [0.5, 0.6) is 0 Å². The van der Waals surface area contributed by atoms with Gasteiger partial charge in [-0.05, 0) is 18.9 Å².